The maximum Gasteiger partial charge on any atom is 0.254 e. The zero-order valence-electron chi connectivity index (χ0n) is 13.9. The van der Waals surface area contributed by atoms with Crippen molar-refractivity contribution in [2.45, 2.75) is 31.9 Å². The molecule has 1 aromatic heterocycles. The van der Waals surface area contributed by atoms with Gasteiger partial charge in [-0.2, -0.15) is 4.37 Å². The average Bonchev–Trinajstić information content (AvgIpc) is 3.02. The van der Waals surface area contributed by atoms with E-state index in [9.17, 15) is 9.90 Å². The molecule has 0 saturated carbocycles. The van der Waals surface area contributed by atoms with E-state index in [1.54, 1.807) is 5.38 Å². The van der Waals surface area contributed by atoms with Gasteiger partial charge in [0, 0.05) is 31.6 Å². The molecule has 2 aromatic rings. The molecule has 0 aliphatic carbocycles. The number of nitrogens with one attached hydrogen (secondary N) is 1. The summed E-state index contributed by atoms with van der Waals surface area (Å²) >= 11 is 1.28. The third-order valence-corrected chi connectivity index (χ3v) is 5.33. The Morgan fingerprint density at radius 1 is 1.33 bits per heavy atom. The van der Waals surface area contributed by atoms with E-state index >= 15 is 0 Å². The summed E-state index contributed by atoms with van der Waals surface area (Å²) in [6, 6.07) is 10.4. The van der Waals surface area contributed by atoms with Crippen molar-refractivity contribution in [3.05, 3.63) is 52.5 Å². The lowest BCUT2D eigenvalue weighted by molar-refractivity contribution is -0.0208. The lowest BCUT2D eigenvalue weighted by Gasteiger charge is -2.38. The van der Waals surface area contributed by atoms with Crippen LogP contribution in [-0.4, -0.2) is 45.5 Å². The Hall–Kier alpha value is -1.76. The lowest BCUT2D eigenvalue weighted by Crippen LogP contribution is -2.50. The van der Waals surface area contributed by atoms with Gasteiger partial charge in [0.25, 0.3) is 5.91 Å². The van der Waals surface area contributed by atoms with E-state index < -0.39 is 5.60 Å². The summed E-state index contributed by atoms with van der Waals surface area (Å²) in [5.74, 6) is -0.151. The predicted octanol–water partition coefficient (Wildman–Crippen LogP) is 2.21. The topological polar surface area (TPSA) is 65.5 Å². The van der Waals surface area contributed by atoms with Crippen LogP contribution in [0, 0.1) is 6.92 Å². The number of likely N-dealkylation sites (tertiary alicyclic amines) is 1. The van der Waals surface area contributed by atoms with Gasteiger partial charge in [0.05, 0.1) is 16.9 Å². The first-order valence-electron chi connectivity index (χ1n) is 8.24. The first kappa shape index (κ1) is 17.1. The maximum atomic E-state index is 12.2. The van der Waals surface area contributed by atoms with Crippen LogP contribution in [0.4, 0.5) is 0 Å². The Bertz CT molecular complexity index is 679. The summed E-state index contributed by atoms with van der Waals surface area (Å²) in [5.41, 5.74) is 1.81. The molecule has 0 atom stereocenters. The quantitative estimate of drug-likeness (QED) is 0.872. The molecule has 0 bridgehead atoms. The van der Waals surface area contributed by atoms with Gasteiger partial charge in [-0.1, -0.05) is 30.3 Å². The number of aryl methyl sites for hydroxylation is 1. The first-order chi connectivity index (χ1) is 11.6. The molecule has 1 aromatic carbocycles. The van der Waals surface area contributed by atoms with Crippen LogP contribution in [0.5, 0.6) is 0 Å². The Kier molecular flexibility index (Phi) is 5.28. The van der Waals surface area contributed by atoms with Crippen molar-refractivity contribution >= 4 is 17.4 Å². The Morgan fingerprint density at radius 2 is 2.04 bits per heavy atom. The van der Waals surface area contributed by atoms with Gasteiger partial charge in [-0.25, -0.2) is 0 Å². The third kappa shape index (κ3) is 4.20. The van der Waals surface area contributed by atoms with Crippen molar-refractivity contribution in [3.8, 4) is 0 Å². The van der Waals surface area contributed by atoms with Crippen molar-refractivity contribution in [1.82, 2.24) is 14.6 Å². The normalized spacial score (nSPS) is 17.6. The maximum absolute atomic E-state index is 12.2. The van der Waals surface area contributed by atoms with E-state index in [0.717, 1.165) is 25.3 Å². The van der Waals surface area contributed by atoms with Gasteiger partial charge in [0.1, 0.15) is 0 Å². The number of benzene rings is 1. The van der Waals surface area contributed by atoms with Crippen LogP contribution in [0.25, 0.3) is 0 Å². The molecule has 2 N–H and O–H groups in total. The van der Waals surface area contributed by atoms with Crippen LogP contribution in [0.1, 0.15) is 34.5 Å². The summed E-state index contributed by atoms with van der Waals surface area (Å²) < 4.78 is 4.11. The molecule has 0 unspecified atom stereocenters. The van der Waals surface area contributed by atoms with Gasteiger partial charge >= 0.3 is 0 Å². The largest absolute Gasteiger partial charge is 0.388 e. The van der Waals surface area contributed by atoms with E-state index in [-0.39, 0.29) is 5.91 Å². The number of carbonyl (C=O) groups excluding carboxylic acids is 1. The van der Waals surface area contributed by atoms with Gasteiger partial charge in [0.2, 0.25) is 0 Å². The van der Waals surface area contributed by atoms with Gasteiger partial charge in [0.15, 0.2) is 0 Å². The van der Waals surface area contributed by atoms with E-state index in [1.807, 2.05) is 25.1 Å². The molecule has 1 aliphatic rings. The molecule has 1 fully saturated rings. The number of piperidine rings is 1. The smallest absolute Gasteiger partial charge is 0.254 e. The number of hydrogen-bond donors (Lipinski definition) is 2. The molecule has 5 nitrogen and oxygen atoms in total. The molecule has 0 radical (unpaired) electrons. The molecule has 1 saturated heterocycles. The average molecular weight is 345 g/mol. The molecule has 1 aliphatic heterocycles. The minimum atomic E-state index is -0.819. The summed E-state index contributed by atoms with van der Waals surface area (Å²) in [6.45, 7) is 4.69. The van der Waals surface area contributed by atoms with Crippen LogP contribution >= 0.6 is 11.5 Å². The van der Waals surface area contributed by atoms with Crippen LogP contribution in [-0.2, 0) is 6.54 Å². The highest BCUT2D eigenvalue weighted by molar-refractivity contribution is 7.03. The zero-order chi connectivity index (χ0) is 17.0. The molecule has 1 amide bonds. The van der Waals surface area contributed by atoms with E-state index in [2.05, 4.69) is 26.7 Å². The highest BCUT2D eigenvalue weighted by atomic mass is 32.1. The minimum Gasteiger partial charge on any atom is -0.388 e. The van der Waals surface area contributed by atoms with Gasteiger partial charge in [-0.05, 0) is 36.9 Å². The van der Waals surface area contributed by atoms with Crippen molar-refractivity contribution in [2.24, 2.45) is 0 Å². The minimum absolute atomic E-state index is 0.151. The van der Waals surface area contributed by atoms with E-state index in [1.165, 1.54) is 17.1 Å². The van der Waals surface area contributed by atoms with E-state index in [4.69, 9.17) is 0 Å². The number of hydrogen-bond acceptors (Lipinski definition) is 5. The monoisotopic (exact) mass is 345 g/mol. The van der Waals surface area contributed by atoms with Crippen molar-refractivity contribution in [2.75, 3.05) is 19.6 Å². The van der Waals surface area contributed by atoms with Crippen LogP contribution in [0.2, 0.25) is 0 Å². The van der Waals surface area contributed by atoms with Crippen molar-refractivity contribution in [1.29, 1.82) is 0 Å². The van der Waals surface area contributed by atoms with Crippen LogP contribution in [0.15, 0.2) is 35.7 Å². The van der Waals surface area contributed by atoms with Gasteiger partial charge in [-0.15, -0.1) is 0 Å². The number of nitrogens with zero attached hydrogens (tertiary/aromatic N) is 2. The molecule has 128 valence electrons. The fraction of sp³-hybridized carbons (Fsp3) is 0.444. The lowest BCUT2D eigenvalue weighted by atomic mass is 9.91. The zero-order valence-corrected chi connectivity index (χ0v) is 14.7. The second-order valence-corrected chi connectivity index (χ2v) is 7.11. The number of carbonyl (C=O) groups is 1. The van der Waals surface area contributed by atoms with Crippen molar-refractivity contribution in [3.63, 3.8) is 0 Å². The Balaban J connectivity index is 1.48. The molecular formula is C18H23N3O2S. The van der Waals surface area contributed by atoms with Crippen molar-refractivity contribution < 1.29 is 9.90 Å². The number of amides is 1. The summed E-state index contributed by atoms with van der Waals surface area (Å²) in [7, 11) is 0. The Labute approximate surface area is 146 Å². The highest BCUT2D eigenvalue weighted by Gasteiger charge is 2.32. The Morgan fingerprint density at radius 3 is 2.67 bits per heavy atom. The molecule has 2 heterocycles. The molecule has 3 rings (SSSR count). The number of aliphatic hydroxyl groups is 1. The molecule has 6 heteroatoms. The standard InChI is InChI=1S/C18H23N3O2S/c1-14-16(12-24-20-14)17(22)19-13-18(23)7-9-21(10-8-18)11-15-5-3-2-4-6-15/h2-6,12,23H,7-11,13H2,1H3,(H,19,22). The second kappa shape index (κ2) is 7.42. The molecular weight excluding hydrogens is 322 g/mol. The fourth-order valence-electron chi connectivity index (χ4n) is 3.00. The SMILES string of the molecule is Cc1nscc1C(=O)NCC1(O)CCN(Cc2ccccc2)CC1. The van der Waals surface area contributed by atoms with Crippen LogP contribution in [0.3, 0.4) is 0 Å². The highest BCUT2D eigenvalue weighted by Crippen LogP contribution is 2.23. The number of aromatic nitrogens is 1. The predicted molar refractivity (Wildman–Crippen MR) is 95.1 cm³/mol. The van der Waals surface area contributed by atoms with E-state index in [0.29, 0.717) is 24.9 Å². The molecule has 24 heavy (non-hydrogen) atoms. The fourth-order valence-corrected chi connectivity index (χ4v) is 3.69. The molecule has 0 spiro atoms. The summed E-state index contributed by atoms with van der Waals surface area (Å²) in [6.07, 6.45) is 1.34. The van der Waals surface area contributed by atoms with Gasteiger partial charge in [-0.3, -0.25) is 9.69 Å². The second-order valence-electron chi connectivity index (χ2n) is 6.48. The first-order valence-corrected chi connectivity index (χ1v) is 9.07. The number of rotatable bonds is 5. The van der Waals surface area contributed by atoms with Gasteiger partial charge < -0.3 is 10.4 Å². The van der Waals surface area contributed by atoms with Crippen LogP contribution < -0.4 is 5.32 Å². The summed E-state index contributed by atoms with van der Waals surface area (Å²) in [5, 5.41) is 15.3. The summed E-state index contributed by atoms with van der Waals surface area (Å²) in [4.78, 5) is 14.5. The third-order valence-electron chi connectivity index (χ3n) is 4.61.